The monoisotopic (exact) mass is 317 g/mol. The number of nitrogens with one attached hydrogen (secondary N) is 2. The fourth-order valence-electron chi connectivity index (χ4n) is 1.87. The van der Waals surface area contributed by atoms with Gasteiger partial charge in [0.1, 0.15) is 12.7 Å². The van der Waals surface area contributed by atoms with Crippen molar-refractivity contribution in [2.24, 2.45) is 5.92 Å². The first-order chi connectivity index (χ1) is 11.1. The highest BCUT2D eigenvalue weighted by Crippen LogP contribution is 2.11. The van der Waals surface area contributed by atoms with Gasteiger partial charge in [-0.25, -0.2) is 14.5 Å². The predicted octanol–water partition coefficient (Wildman–Crippen LogP) is 2.45. The molecule has 0 saturated heterocycles. The lowest BCUT2D eigenvalue weighted by Crippen LogP contribution is -2.31. The highest BCUT2D eigenvalue weighted by atomic mass is 16.5. The Morgan fingerprint density at radius 1 is 1.26 bits per heavy atom. The summed E-state index contributed by atoms with van der Waals surface area (Å²) in [5.74, 6) is 0.631. The van der Waals surface area contributed by atoms with Crippen LogP contribution in [0.4, 0.5) is 10.5 Å². The molecule has 0 unspecified atom stereocenters. The molecule has 1 aromatic heterocycles. The average Bonchev–Trinajstić information content (AvgIpc) is 3.05. The molecule has 0 bridgehead atoms. The summed E-state index contributed by atoms with van der Waals surface area (Å²) in [5, 5.41) is 9.58. The molecule has 2 N–H and O–H groups in total. The van der Waals surface area contributed by atoms with E-state index in [0.717, 1.165) is 18.7 Å². The molecule has 23 heavy (non-hydrogen) atoms. The third-order valence-electron chi connectivity index (χ3n) is 3.18. The molecule has 0 aliphatic rings. The molecule has 0 aliphatic heterocycles. The Labute approximate surface area is 136 Å². The van der Waals surface area contributed by atoms with E-state index in [1.165, 1.54) is 6.33 Å². The molecule has 0 fully saturated rings. The zero-order valence-electron chi connectivity index (χ0n) is 13.5. The molecule has 124 valence electrons. The molecular formula is C16H23N5O2. The number of carbonyl (C=O) groups is 1. The van der Waals surface area contributed by atoms with Crippen molar-refractivity contribution in [3.8, 4) is 5.69 Å². The van der Waals surface area contributed by atoms with E-state index in [1.807, 2.05) is 24.3 Å². The van der Waals surface area contributed by atoms with E-state index < -0.39 is 0 Å². The molecule has 0 aliphatic carbocycles. The van der Waals surface area contributed by atoms with E-state index >= 15 is 0 Å². The van der Waals surface area contributed by atoms with Gasteiger partial charge in [0, 0.05) is 18.8 Å². The number of urea groups is 1. The molecule has 7 heteroatoms. The Morgan fingerprint density at radius 3 is 2.70 bits per heavy atom. The lowest BCUT2D eigenvalue weighted by Gasteiger charge is -2.09. The van der Waals surface area contributed by atoms with Crippen LogP contribution < -0.4 is 10.6 Å². The number of ether oxygens (including phenoxy) is 1. The normalized spacial score (nSPS) is 10.7. The summed E-state index contributed by atoms with van der Waals surface area (Å²) >= 11 is 0. The van der Waals surface area contributed by atoms with E-state index in [0.29, 0.717) is 24.8 Å². The van der Waals surface area contributed by atoms with Crippen LogP contribution in [0.1, 0.15) is 20.3 Å². The van der Waals surface area contributed by atoms with Crippen LogP contribution in [-0.2, 0) is 4.74 Å². The summed E-state index contributed by atoms with van der Waals surface area (Å²) < 4.78 is 7.10. The Morgan fingerprint density at radius 2 is 2.04 bits per heavy atom. The molecule has 0 saturated carbocycles. The number of hydrogen-bond acceptors (Lipinski definition) is 4. The third-order valence-corrected chi connectivity index (χ3v) is 3.18. The Hall–Kier alpha value is -2.41. The number of anilines is 1. The molecule has 7 nitrogen and oxygen atoms in total. The Balaban J connectivity index is 1.67. The van der Waals surface area contributed by atoms with Gasteiger partial charge in [0.25, 0.3) is 0 Å². The smallest absolute Gasteiger partial charge is 0.319 e. The maximum Gasteiger partial charge on any atom is 0.319 e. The number of rotatable bonds is 8. The van der Waals surface area contributed by atoms with Crippen molar-refractivity contribution in [3.63, 3.8) is 0 Å². The number of amides is 2. The van der Waals surface area contributed by atoms with Gasteiger partial charge in [0.05, 0.1) is 12.3 Å². The summed E-state index contributed by atoms with van der Waals surface area (Å²) in [6.45, 7) is 6.05. The molecule has 0 spiro atoms. The summed E-state index contributed by atoms with van der Waals surface area (Å²) in [6.07, 6.45) is 4.13. The first-order valence-corrected chi connectivity index (χ1v) is 7.73. The van der Waals surface area contributed by atoms with Crippen LogP contribution in [0, 0.1) is 5.92 Å². The zero-order chi connectivity index (χ0) is 16.5. The van der Waals surface area contributed by atoms with Gasteiger partial charge < -0.3 is 15.4 Å². The molecule has 2 aromatic rings. The van der Waals surface area contributed by atoms with Gasteiger partial charge in [-0.2, -0.15) is 5.10 Å². The summed E-state index contributed by atoms with van der Waals surface area (Å²) in [5.41, 5.74) is 1.60. The maximum absolute atomic E-state index is 11.8. The van der Waals surface area contributed by atoms with Crippen molar-refractivity contribution >= 4 is 11.7 Å². The second-order valence-electron chi connectivity index (χ2n) is 5.56. The van der Waals surface area contributed by atoms with Crippen molar-refractivity contribution in [2.45, 2.75) is 20.3 Å². The molecule has 1 heterocycles. The molecule has 2 amide bonds. The van der Waals surface area contributed by atoms with Crippen LogP contribution in [-0.4, -0.2) is 40.6 Å². The van der Waals surface area contributed by atoms with Crippen LogP contribution in [0.3, 0.4) is 0 Å². The van der Waals surface area contributed by atoms with Gasteiger partial charge in [0.15, 0.2) is 0 Å². The number of benzene rings is 1. The van der Waals surface area contributed by atoms with Crippen molar-refractivity contribution in [1.82, 2.24) is 20.1 Å². The highest BCUT2D eigenvalue weighted by molar-refractivity contribution is 5.89. The van der Waals surface area contributed by atoms with Gasteiger partial charge in [-0.05, 0) is 36.6 Å². The van der Waals surface area contributed by atoms with Gasteiger partial charge in [-0.1, -0.05) is 13.8 Å². The molecular weight excluding hydrogens is 294 g/mol. The fourth-order valence-corrected chi connectivity index (χ4v) is 1.87. The standard InChI is InChI=1S/C16H23N5O2/c1-13(2)7-9-23-10-8-18-16(22)20-14-3-5-15(6-4-14)21-12-17-11-19-21/h3-6,11-13H,7-10H2,1-2H3,(H2,18,20,22). The first kappa shape index (κ1) is 17.0. The van der Waals surface area contributed by atoms with Gasteiger partial charge in [0.2, 0.25) is 0 Å². The van der Waals surface area contributed by atoms with Crippen LogP contribution in [0.2, 0.25) is 0 Å². The maximum atomic E-state index is 11.8. The van der Waals surface area contributed by atoms with Gasteiger partial charge in [-0.3, -0.25) is 0 Å². The van der Waals surface area contributed by atoms with Crippen LogP contribution in [0.5, 0.6) is 0 Å². The van der Waals surface area contributed by atoms with Gasteiger partial charge in [-0.15, -0.1) is 0 Å². The quantitative estimate of drug-likeness (QED) is 0.733. The summed E-state index contributed by atoms with van der Waals surface area (Å²) in [4.78, 5) is 15.7. The SMILES string of the molecule is CC(C)CCOCCNC(=O)Nc1ccc(-n2cncn2)cc1. The topological polar surface area (TPSA) is 81.1 Å². The van der Waals surface area contributed by atoms with E-state index in [-0.39, 0.29) is 6.03 Å². The first-order valence-electron chi connectivity index (χ1n) is 7.73. The highest BCUT2D eigenvalue weighted by Gasteiger charge is 2.02. The molecule has 0 radical (unpaired) electrons. The lowest BCUT2D eigenvalue weighted by molar-refractivity contribution is 0.126. The largest absolute Gasteiger partial charge is 0.380 e. The second kappa shape index (κ2) is 8.89. The third kappa shape index (κ3) is 6.07. The number of aromatic nitrogens is 3. The molecule has 1 aromatic carbocycles. The molecule has 2 rings (SSSR count). The minimum atomic E-state index is -0.244. The van der Waals surface area contributed by atoms with Crippen LogP contribution in [0.25, 0.3) is 5.69 Å². The van der Waals surface area contributed by atoms with Crippen molar-refractivity contribution < 1.29 is 9.53 Å². The van der Waals surface area contributed by atoms with E-state index in [9.17, 15) is 4.79 Å². The average molecular weight is 317 g/mol. The van der Waals surface area contributed by atoms with E-state index in [2.05, 4.69) is 34.6 Å². The van der Waals surface area contributed by atoms with Crippen LogP contribution in [0.15, 0.2) is 36.9 Å². The minimum Gasteiger partial charge on any atom is -0.380 e. The molecule has 0 atom stereocenters. The summed E-state index contributed by atoms with van der Waals surface area (Å²) in [7, 11) is 0. The van der Waals surface area contributed by atoms with Gasteiger partial charge >= 0.3 is 6.03 Å². The van der Waals surface area contributed by atoms with Crippen LogP contribution >= 0.6 is 0 Å². The zero-order valence-corrected chi connectivity index (χ0v) is 13.5. The van der Waals surface area contributed by atoms with E-state index in [1.54, 1.807) is 11.0 Å². The summed E-state index contributed by atoms with van der Waals surface area (Å²) in [6, 6.07) is 7.11. The number of hydrogen-bond donors (Lipinski definition) is 2. The Kier molecular flexibility index (Phi) is 6.56. The second-order valence-corrected chi connectivity index (χ2v) is 5.56. The fraction of sp³-hybridized carbons (Fsp3) is 0.438. The van der Waals surface area contributed by atoms with Crippen molar-refractivity contribution in [1.29, 1.82) is 0 Å². The van der Waals surface area contributed by atoms with Crippen molar-refractivity contribution in [3.05, 3.63) is 36.9 Å². The number of carbonyl (C=O) groups excluding carboxylic acids is 1. The van der Waals surface area contributed by atoms with Crippen molar-refractivity contribution in [2.75, 3.05) is 25.1 Å². The predicted molar refractivity (Wildman–Crippen MR) is 88.7 cm³/mol. The minimum absolute atomic E-state index is 0.244. The van der Waals surface area contributed by atoms with E-state index in [4.69, 9.17) is 4.74 Å². The number of nitrogens with zero attached hydrogens (tertiary/aromatic N) is 3. The lowest BCUT2D eigenvalue weighted by atomic mass is 10.1. The Bertz CT molecular complexity index is 581.